The molecule has 2 aliphatic rings. The van der Waals surface area contributed by atoms with Crippen LogP contribution in [-0.4, -0.2) is 0 Å². The standard InChI is InChI=1S/C12H22/c1-8-9(2)12(5)7-6-10(8)11(12,3)4/h8-10H,6-7H2,1-5H3. The summed E-state index contributed by atoms with van der Waals surface area (Å²) < 4.78 is 0. The van der Waals surface area contributed by atoms with Crippen molar-refractivity contribution in [3.05, 3.63) is 0 Å². The molecule has 0 heteroatoms. The number of rotatable bonds is 0. The van der Waals surface area contributed by atoms with Crippen molar-refractivity contribution in [1.82, 2.24) is 0 Å². The van der Waals surface area contributed by atoms with Gasteiger partial charge in [-0.2, -0.15) is 0 Å². The second-order valence-electron chi connectivity index (χ2n) is 5.93. The van der Waals surface area contributed by atoms with Gasteiger partial charge in [0.25, 0.3) is 0 Å². The molecule has 0 aliphatic heterocycles. The first kappa shape index (κ1) is 8.59. The summed E-state index contributed by atoms with van der Waals surface area (Å²) in [4.78, 5) is 0. The number of fused-ring (bicyclic) bond motifs is 2. The molecule has 0 aromatic heterocycles. The van der Waals surface area contributed by atoms with E-state index in [0.29, 0.717) is 10.8 Å². The highest BCUT2D eigenvalue weighted by molar-refractivity contribution is 5.11. The molecule has 0 aromatic rings. The Morgan fingerprint density at radius 1 is 1.08 bits per heavy atom. The van der Waals surface area contributed by atoms with Crippen LogP contribution in [0, 0.1) is 28.6 Å². The van der Waals surface area contributed by atoms with Gasteiger partial charge < -0.3 is 0 Å². The van der Waals surface area contributed by atoms with Gasteiger partial charge in [0.15, 0.2) is 0 Å². The van der Waals surface area contributed by atoms with Crippen molar-refractivity contribution in [3.8, 4) is 0 Å². The van der Waals surface area contributed by atoms with Crippen LogP contribution in [-0.2, 0) is 0 Å². The Morgan fingerprint density at radius 3 is 1.92 bits per heavy atom. The number of hydrogen-bond acceptors (Lipinski definition) is 0. The molecule has 0 N–H and O–H groups in total. The lowest BCUT2D eigenvalue weighted by Crippen LogP contribution is -2.31. The van der Waals surface area contributed by atoms with Crippen LogP contribution in [0.1, 0.15) is 47.5 Å². The minimum Gasteiger partial charge on any atom is -0.0619 e. The van der Waals surface area contributed by atoms with E-state index in [-0.39, 0.29) is 0 Å². The smallest absolute Gasteiger partial charge is 0.0243 e. The zero-order valence-electron chi connectivity index (χ0n) is 9.15. The fourth-order valence-corrected chi connectivity index (χ4v) is 4.23. The molecule has 12 heavy (non-hydrogen) atoms. The van der Waals surface area contributed by atoms with Crippen LogP contribution in [0.2, 0.25) is 0 Å². The molecule has 2 bridgehead atoms. The third kappa shape index (κ3) is 0.661. The van der Waals surface area contributed by atoms with Gasteiger partial charge in [-0.25, -0.2) is 0 Å². The van der Waals surface area contributed by atoms with E-state index in [9.17, 15) is 0 Å². The topological polar surface area (TPSA) is 0 Å². The second kappa shape index (κ2) is 2.08. The zero-order valence-corrected chi connectivity index (χ0v) is 9.15. The average Bonchev–Trinajstić information content (AvgIpc) is 2.26. The molecule has 0 nitrogen and oxygen atoms in total. The first-order valence-electron chi connectivity index (χ1n) is 5.41. The van der Waals surface area contributed by atoms with Gasteiger partial charge in [0.05, 0.1) is 0 Å². The van der Waals surface area contributed by atoms with Crippen molar-refractivity contribution in [2.24, 2.45) is 28.6 Å². The zero-order chi connectivity index (χ0) is 9.15. The molecule has 2 rings (SSSR count). The summed E-state index contributed by atoms with van der Waals surface area (Å²) in [5.74, 6) is 2.89. The van der Waals surface area contributed by atoms with Crippen LogP contribution in [0.3, 0.4) is 0 Å². The van der Waals surface area contributed by atoms with E-state index in [2.05, 4.69) is 34.6 Å². The van der Waals surface area contributed by atoms with Crippen molar-refractivity contribution >= 4 is 0 Å². The molecule has 0 aromatic carbocycles. The highest BCUT2D eigenvalue weighted by Gasteiger charge is 2.62. The Kier molecular flexibility index (Phi) is 1.49. The molecule has 2 aliphatic carbocycles. The minimum atomic E-state index is 0.603. The predicted octanol–water partition coefficient (Wildman–Crippen LogP) is 3.71. The fraction of sp³-hybridized carbons (Fsp3) is 1.00. The second-order valence-corrected chi connectivity index (χ2v) is 5.93. The maximum absolute atomic E-state index is 2.52. The fourth-order valence-electron chi connectivity index (χ4n) is 4.23. The molecule has 2 fully saturated rings. The maximum atomic E-state index is 2.52. The van der Waals surface area contributed by atoms with Crippen LogP contribution in [0.25, 0.3) is 0 Å². The van der Waals surface area contributed by atoms with Gasteiger partial charge in [0.2, 0.25) is 0 Å². The summed E-state index contributed by atoms with van der Waals surface area (Å²) in [6.45, 7) is 12.4. The molecule has 0 spiro atoms. The summed E-state index contributed by atoms with van der Waals surface area (Å²) >= 11 is 0. The Bertz CT molecular complexity index is 204. The molecule has 0 saturated heterocycles. The molecular formula is C12H22. The molecule has 0 amide bonds. The lowest BCUT2D eigenvalue weighted by molar-refractivity contribution is 0.107. The normalized spacial score (nSPS) is 56.2. The average molecular weight is 166 g/mol. The highest BCUT2D eigenvalue weighted by Crippen LogP contribution is 2.69. The van der Waals surface area contributed by atoms with Crippen LogP contribution in [0.5, 0.6) is 0 Å². The van der Waals surface area contributed by atoms with Gasteiger partial charge in [0.1, 0.15) is 0 Å². The molecule has 4 atom stereocenters. The molecule has 2 saturated carbocycles. The van der Waals surface area contributed by atoms with Gasteiger partial charge in [-0.1, -0.05) is 34.6 Å². The third-order valence-corrected chi connectivity index (χ3v) is 5.80. The van der Waals surface area contributed by atoms with E-state index >= 15 is 0 Å². The molecule has 70 valence electrons. The molecule has 4 unspecified atom stereocenters. The van der Waals surface area contributed by atoms with Gasteiger partial charge in [-0.3, -0.25) is 0 Å². The van der Waals surface area contributed by atoms with E-state index in [1.807, 2.05) is 0 Å². The monoisotopic (exact) mass is 166 g/mol. The quantitative estimate of drug-likeness (QED) is 0.514. The Balaban J connectivity index is 2.44. The Morgan fingerprint density at radius 2 is 1.67 bits per heavy atom. The summed E-state index contributed by atoms with van der Waals surface area (Å²) in [7, 11) is 0. The van der Waals surface area contributed by atoms with Crippen molar-refractivity contribution in [1.29, 1.82) is 0 Å². The Hall–Kier alpha value is 0. The van der Waals surface area contributed by atoms with Crippen LogP contribution in [0.15, 0.2) is 0 Å². The number of hydrogen-bond donors (Lipinski definition) is 0. The maximum Gasteiger partial charge on any atom is -0.0243 e. The first-order valence-corrected chi connectivity index (χ1v) is 5.41. The molecular weight excluding hydrogens is 144 g/mol. The van der Waals surface area contributed by atoms with Crippen molar-refractivity contribution in [2.75, 3.05) is 0 Å². The lowest BCUT2D eigenvalue weighted by atomic mass is 9.67. The highest BCUT2D eigenvalue weighted by atomic mass is 14.7. The largest absolute Gasteiger partial charge is 0.0619 e. The Labute approximate surface area is 76.7 Å². The van der Waals surface area contributed by atoms with E-state index in [0.717, 1.165) is 17.8 Å². The molecule has 0 heterocycles. The van der Waals surface area contributed by atoms with E-state index in [1.165, 1.54) is 12.8 Å². The van der Waals surface area contributed by atoms with Crippen LogP contribution in [0.4, 0.5) is 0 Å². The predicted molar refractivity (Wildman–Crippen MR) is 52.9 cm³/mol. The summed E-state index contributed by atoms with van der Waals surface area (Å²) in [5.41, 5.74) is 1.24. The van der Waals surface area contributed by atoms with Crippen LogP contribution < -0.4 is 0 Å². The van der Waals surface area contributed by atoms with Crippen molar-refractivity contribution < 1.29 is 0 Å². The van der Waals surface area contributed by atoms with Crippen molar-refractivity contribution in [2.45, 2.75) is 47.5 Å². The summed E-state index contributed by atoms with van der Waals surface area (Å²) in [5, 5.41) is 0. The third-order valence-electron chi connectivity index (χ3n) is 5.80. The van der Waals surface area contributed by atoms with Gasteiger partial charge >= 0.3 is 0 Å². The van der Waals surface area contributed by atoms with Gasteiger partial charge in [0, 0.05) is 0 Å². The van der Waals surface area contributed by atoms with Crippen molar-refractivity contribution in [3.63, 3.8) is 0 Å². The SMILES string of the molecule is CC1C2CCC(C)(C1C)C2(C)C. The van der Waals surface area contributed by atoms with Gasteiger partial charge in [-0.15, -0.1) is 0 Å². The van der Waals surface area contributed by atoms with E-state index < -0.39 is 0 Å². The van der Waals surface area contributed by atoms with Gasteiger partial charge in [-0.05, 0) is 41.4 Å². The van der Waals surface area contributed by atoms with E-state index in [4.69, 9.17) is 0 Å². The molecule has 0 radical (unpaired) electrons. The summed E-state index contributed by atoms with van der Waals surface area (Å²) in [6.07, 6.45) is 2.95. The first-order chi connectivity index (χ1) is 5.41. The van der Waals surface area contributed by atoms with E-state index in [1.54, 1.807) is 0 Å². The lowest BCUT2D eigenvalue weighted by Gasteiger charge is -2.38. The summed E-state index contributed by atoms with van der Waals surface area (Å²) in [6, 6.07) is 0. The minimum absolute atomic E-state index is 0.603. The van der Waals surface area contributed by atoms with Crippen LogP contribution >= 0.6 is 0 Å².